The van der Waals surface area contributed by atoms with Crippen LogP contribution in [-0.4, -0.2) is 31.2 Å². The minimum absolute atomic E-state index is 0.0870. The van der Waals surface area contributed by atoms with Gasteiger partial charge in [0.25, 0.3) is 5.56 Å². The SMILES string of the molecule is [2H]C([2H])(Oc1cc2n(c(=O)c1Cl)-c1c(cnc(-c3ccc(F)c(C(C)(C)O)n3)c1F)OCCC2)c1ncc(F)cc1F. The Labute approximate surface area is 232 Å². The molecule has 0 radical (unpaired) electrons. The molecule has 0 unspecified atom stereocenters. The third-order valence-electron chi connectivity index (χ3n) is 5.94. The van der Waals surface area contributed by atoms with Gasteiger partial charge in [0.2, 0.25) is 0 Å². The number of ether oxygens (including phenoxy) is 2. The highest BCUT2D eigenvalue weighted by atomic mass is 35.5. The molecule has 0 spiro atoms. The fourth-order valence-corrected chi connectivity index (χ4v) is 4.28. The van der Waals surface area contributed by atoms with E-state index in [-0.39, 0.29) is 41.6 Å². The lowest BCUT2D eigenvalue weighted by molar-refractivity contribution is 0.0696. The lowest BCUT2D eigenvalue weighted by atomic mass is 10.0. The highest BCUT2D eigenvalue weighted by molar-refractivity contribution is 6.31. The molecule has 0 aliphatic carbocycles. The van der Waals surface area contributed by atoms with Crippen molar-refractivity contribution in [2.45, 2.75) is 38.8 Å². The zero-order valence-electron chi connectivity index (χ0n) is 22.9. The molecule has 13 heteroatoms. The van der Waals surface area contributed by atoms with Crippen LogP contribution in [0, 0.1) is 23.3 Å². The molecule has 0 atom stereocenters. The van der Waals surface area contributed by atoms with Crippen LogP contribution in [0.15, 0.2) is 41.5 Å². The molecule has 5 heterocycles. The predicted octanol–water partition coefficient (Wildman–Crippen LogP) is 5.03. The number of hydrogen-bond acceptors (Lipinski definition) is 7. The quantitative estimate of drug-likeness (QED) is 0.332. The first-order valence-corrected chi connectivity index (χ1v) is 12.2. The van der Waals surface area contributed by atoms with E-state index in [0.717, 1.165) is 22.9 Å². The van der Waals surface area contributed by atoms with Gasteiger partial charge in [-0.2, -0.15) is 0 Å². The number of aromatic nitrogens is 4. The van der Waals surface area contributed by atoms with Crippen molar-refractivity contribution in [2.75, 3.05) is 6.61 Å². The summed E-state index contributed by atoms with van der Waals surface area (Å²) in [6.45, 7) is -0.282. The van der Waals surface area contributed by atoms with Crippen molar-refractivity contribution in [3.05, 3.63) is 92.4 Å². The first kappa shape index (κ1) is 25.0. The van der Waals surface area contributed by atoms with Crippen molar-refractivity contribution in [3.63, 3.8) is 0 Å². The predicted molar refractivity (Wildman–Crippen MR) is 136 cm³/mol. The number of halogens is 5. The normalized spacial score (nSPS) is 14.2. The summed E-state index contributed by atoms with van der Waals surface area (Å²) in [5.74, 6) is -4.87. The fraction of sp³-hybridized carbons (Fsp3) is 0.259. The molecule has 4 aromatic rings. The molecule has 40 heavy (non-hydrogen) atoms. The molecular formula is C27H21ClF4N4O4. The van der Waals surface area contributed by atoms with Gasteiger partial charge in [0.1, 0.15) is 57.3 Å². The average Bonchev–Trinajstić information content (AvgIpc) is 2.88. The Bertz CT molecular complexity index is 1780. The Balaban J connectivity index is 1.66. The molecule has 1 aliphatic heterocycles. The largest absolute Gasteiger partial charge is 0.490 e. The van der Waals surface area contributed by atoms with Crippen LogP contribution in [0.25, 0.3) is 17.1 Å². The van der Waals surface area contributed by atoms with Crippen LogP contribution >= 0.6 is 11.6 Å². The first-order valence-electron chi connectivity index (χ1n) is 12.9. The molecule has 0 amide bonds. The summed E-state index contributed by atoms with van der Waals surface area (Å²) in [5.41, 5.74) is -4.75. The highest BCUT2D eigenvalue weighted by Crippen LogP contribution is 2.35. The van der Waals surface area contributed by atoms with Crippen LogP contribution in [-0.2, 0) is 18.6 Å². The molecule has 5 rings (SSSR count). The Kier molecular flexibility index (Phi) is 6.56. The van der Waals surface area contributed by atoms with Gasteiger partial charge in [0, 0.05) is 17.8 Å². The molecule has 0 saturated heterocycles. The number of rotatable bonds is 5. The zero-order valence-corrected chi connectivity index (χ0v) is 21.7. The summed E-state index contributed by atoms with van der Waals surface area (Å²) < 4.78 is 86.3. The van der Waals surface area contributed by atoms with Gasteiger partial charge in [-0.1, -0.05) is 11.6 Å². The van der Waals surface area contributed by atoms with Crippen LogP contribution in [0.2, 0.25) is 5.02 Å². The van der Waals surface area contributed by atoms with E-state index in [1.165, 1.54) is 19.9 Å². The van der Waals surface area contributed by atoms with E-state index in [1.807, 2.05) is 0 Å². The van der Waals surface area contributed by atoms with E-state index in [9.17, 15) is 23.1 Å². The average molecular weight is 579 g/mol. The third kappa shape index (κ3) is 5.11. The minimum atomic E-state index is -2.98. The van der Waals surface area contributed by atoms with Gasteiger partial charge in [-0.25, -0.2) is 27.5 Å². The fourth-order valence-electron chi connectivity index (χ4n) is 4.10. The molecule has 1 N–H and O–H groups in total. The summed E-state index contributed by atoms with van der Waals surface area (Å²) in [5, 5.41) is 9.62. The monoisotopic (exact) mass is 578 g/mol. The van der Waals surface area contributed by atoms with Crippen LogP contribution in [0.4, 0.5) is 17.6 Å². The second-order valence-corrected chi connectivity index (χ2v) is 9.69. The van der Waals surface area contributed by atoms with Crippen LogP contribution in [0.5, 0.6) is 11.5 Å². The number of nitrogens with zero attached hydrogens (tertiary/aromatic N) is 4. The second-order valence-electron chi connectivity index (χ2n) is 9.31. The molecule has 1 aliphatic rings. The Morgan fingerprint density at radius 1 is 1.18 bits per heavy atom. The molecule has 0 fully saturated rings. The summed E-state index contributed by atoms with van der Waals surface area (Å²) in [6.07, 6.45) is 2.20. The lowest BCUT2D eigenvalue weighted by Crippen LogP contribution is -2.27. The minimum Gasteiger partial charge on any atom is -0.490 e. The number of hydrogen-bond donors (Lipinski definition) is 1. The number of fused-ring (bicyclic) bond motifs is 3. The molecule has 8 nitrogen and oxygen atoms in total. The van der Waals surface area contributed by atoms with Gasteiger partial charge in [0.15, 0.2) is 17.4 Å². The summed E-state index contributed by atoms with van der Waals surface area (Å²) in [7, 11) is 0. The van der Waals surface area contributed by atoms with Crippen LogP contribution in [0.3, 0.4) is 0 Å². The Morgan fingerprint density at radius 2 is 1.95 bits per heavy atom. The van der Waals surface area contributed by atoms with Gasteiger partial charge in [0.05, 0.1) is 27.4 Å². The molecule has 4 aromatic heterocycles. The van der Waals surface area contributed by atoms with Gasteiger partial charge in [-0.05, 0) is 38.8 Å². The molecule has 0 aromatic carbocycles. The third-order valence-corrected chi connectivity index (χ3v) is 6.29. The zero-order chi connectivity index (χ0) is 30.6. The number of aliphatic hydroxyl groups is 1. The molecule has 0 bridgehead atoms. The Hall–Kier alpha value is -4.03. The number of pyridine rings is 4. The standard InChI is InChI=1S/C27H21ClF4N4O4/c1-27(2,38)25-15(30)5-6-17(35-25)23-22(32)24-20(11-34-23)39-7-3-4-14-9-19(21(28)26(37)36(14)24)40-12-18-16(31)8-13(29)10-33-18/h5-6,8-11,38H,3-4,7,12H2,1-2H3/i12D2. The van der Waals surface area contributed by atoms with Crippen molar-refractivity contribution in [1.29, 1.82) is 0 Å². The van der Waals surface area contributed by atoms with E-state index in [0.29, 0.717) is 18.7 Å². The lowest BCUT2D eigenvalue weighted by Gasteiger charge is -2.23. The first-order chi connectivity index (χ1) is 19.7. The molecule has 0 saturated carbocycles. The van der Waals surface area contributed by atoms with E-state index < -0.39 is 63.1 Å². The van der Waals surface area contributed by atoms with Crippen LogP contribution in [0.1, 0.15) is 40.1 Å². The van der Waals surface area contributed by atoms with Crippen molar-refractivity contribution < 1.29 is 34.9 Å². The van der Waals surface area contributed by atoms with E-state index >= 15 is 4.39 Å². The molecular weight excluding hydrogens is 556 g/mol. The summed E-state index contributed by atoms with van der Waals surface area (Å²) in [4.78, 5) is 25.1. The van der Waals surface area contributed by atoms with Gasteiger partial charge < -0.3 is 14.6 Å². The molecule has 208 valence electrons. The Morgan fingerprint density at radius 3 is 2.67 bits per heavy atom. The van der Waals surface area contributed by atoms with Crippen molar-refractivity contribution in [2.24, 2.45) is 0 Å². The van der Waals surface area contributed by atoms with E-state index in [2.05, 4.69) is 15.0 Å². The summed E-state index contributed by atoms with van der Waals surface area (Å²) >= 11 is 6.29. The van der Waals surface area contributed by atoms with Crippen LogP contribution < -0.4 is 15.0 Å². The van der Waals surface area contributed by atoms with Crippen molar-refractivity contribution >= 4 is 11.6 Å². The second kappa shape index (κ2) is 10.5. The smallest absolute Gasteiger partial charge is 0.278 e. The summed E-state index contributed by atoms with van der Waals surface area (Å²) in [6, 6.07) is 3.77. The van der Waals surface area contributed by atoms with Gasteiger partial charge in [-0.3, -0.25) is 14.3 Å². The van der Waals surface area contributed by atoms with E-state index in [4.69, 9.17) is 23.8 Å². The highest BCUT2D eigenvalue weighted by Gasteiger charge is 2.28. The van der Waals surface area contributed by atoms with Gasteiger partial charge >= 0.3 is 0 Å². The maximum Gasteiger partial charge on any atom is 0.278 e. The van der Waals surface area contributed by atoms with E-state index in [1.54, 1.807) is 0 Å². The van der Waals surface area contributed by atoms with Crippen molar-refractivity contribution in [3.8, 4) is 28.6 Å². The van der Waals surface area contributed by atoms with Crippen molar-refractivity contribution in [1.82, 2.24) is 19.5 Å². The van der Waals surface area contributed by atoms with Gasteiger partial charge in [-0.15, -0.1) is 0 Å². The topological polar surface area (TPSA) is 99.4 Å². The maximum atomic E-state index is 16.2. The number of aryl methyl sites for hydroxylation is 1. The maximum absolute atomic E-state index is 16.2.